The third-order valence-electron chi connectivity index (χ3n) is 5.75. The van der Waals surface area contributed by atoms with Crippen LogP contribution < -0.4 is 9.47 Å². The summed E-state index contributed by atoms with van der Waals surface area (Å²) in [5.41, 5.74) is 1.05. The van der Waals surface area contributed by atoms with Gasteiger partial charge in [0.15, 0.2) is 0 Å². The van der Waals surface area contributed by atoms with Crippen LogP contribution in [0.4, 0.5) is 74.6 Å². The van der Waals surface area contributed by atoms with E-state index in [4.69, 9.17) is 4.74 Å². The molecule has 42 heavy (non-hydrogen) atoms. The van der Waals surface area contributed by atoms with Crippen LogP contribution >= 0.6 is 0 Å². The van der Waals surface area contributed by atoms with E-state index in [2.05, 4.69) is 4.74 Å². The van der Waals surface area contributed by atoms with Gasteiger partial charge in [-0.15, -0.1) is 0 Å². The average molecular weight is 646 g/mol. The van der Waals surface area contributed by atoms with Crippen LogP contribution in [-0.4, -0.2) is 61.4 Å². The van der Waals surface area contributed by atoms with Gasteiger partial charge >= 0.3 is 47.6 Å². The summed E-state index contributed by atoms with van der Waals surface area (Å²) in [6.45, 7) is -1.72. The third kappa shape index (κ3) is 5.49. The number of hydrogen-bond donors (Lipinski definition) is 0. The maximum atomic E-state index is 14.0. The minimum absolute atomic E-state index is 0.399. The zero-order valence-electron chi connectivity index (χ0n) is 20.3. The molecule has 0 bridgehead atoms. The Morgan fingerprint density at radius 3 is 1.14 bits per heavy atom. The normalized spacial score (nSPS) is 14.6. The molecule has 2 aromatic rings. The molecule has 238 valence electrons. The maximum absolute atomic E-state index is 14.0. The molecule has 0 N–H and O–H groups in total. The van der Waals surface area contributed by atoms with E-state index >= 15 is 0 Å². The Kier molecular flexibility index (Phi) is 9.05. The summed E-state index contributed by atoms with van der Waals surface area (Å²) >= 11 is 0. The molecular formula is C23H15F17O2. The van der Waals surface area contributed by atoms with E-state index in [0.717, 1.165) is 12.1 Å². The van der Waals surface area contributed by atoms with Crippen LogP contribution in [0.15, 0.2) is 48.5 Å². The minimum Gasteiger partial charge on any atom is -0.497 e. The Morgan fingerprint density at radius 1 is 0.452 bits per heavy atom. The van der Waals surface area contributed by atoms with Crippen molar-refractivity contribution < 1.29 is 84.1 Å². The highest BCUT2D eigenvalue weighted by Crippen LogP contribution is 2.64. The molecule has 2 nitrogen and oxygen atoms in total. The quantitative estimate of drug-likeness (QED) is 0.214. The number of methoxy groups -OCH3 is 1. The molecule has 0 unspecified atom stereocenters. The van der Waals surface area contributed by atoms with E-state index in [1.807, 2.05) is 0 Å². The van der Waals surface area contributed by atoms with Gasteiger partial charge < -0.3 is 9.47 Å². The first kappa shape index (κ1) is 35.0. The van der Waals surface area contributed by atoms with E-state index in [9.17, 15) is 74.6 Å². The van der Waals surface area contributed by atoms with Gasteiger partial charge in [-0.25, -0.2) is 0 Å². The Morgan fingerprint density at radius 2 is 0.786 bits per heavy atom. The first-order chi connectivity index (χ1) is 18.7. The summed E-state index contributed by atoms with van der Waals surface area (Å²) in [4.78, 5) is 0. The first-order valence-corrected chi connectivity index (χ1v) is 10.8. The molecule has 0 amide bonds. The van der Waals surface area contributed by atoms with Crippen molar-refractivity contribution in [3.63, 3.8) is 0 Å². The van der Waals surface area contributed by atoms with Gasteiger partial charge in [-0.2, -0.15) is 74.6 Å². The van der Waals surface area contributed by atoms with Crippen molar-refractivity contribution in [2.24, 2.45) is 0 Å². The molecule has 0 radical (unpaired) electrons. The predicted molar refractivity (Wildman–Crippen MR) is 109 cm³/mol. The van der Waals surface area contributed by atoms with Crippen LogP contribution in [0.1, 0.15) is 6.42 Å². The van der Waals surface area contributed by atoms with Crippen LogP contribution in [0.3, 0.4) is 0 Å². The van der Waals surface area contributed by atoms with Crippen molar-refractivity contribution in [1.82, 2.24) is 0 Å². The van der Waals surface area contributed by atoms with Crippen LogP contribution in [0, 0.1) is 0 Å². The summed E-state index contributed by atoms with van der Waals surface area (Å²) in [6.07, 6.45) is -10.5. The van der Waals surface area contributed by atoms with Crippen molar-refractivity contribution in [1.29, 1.82) is 0 Å². The second-order valence-electron chi connectivity index (χ2n) is 8.50. The maximum Gasteiger partial charge on any atom is 0.460 e. The van der Waals surface area contributed by atoms with Gasteiger partial charge in [-0.3, -0.25) is 0 Å². The highest BCUT2D eigenvalue weighted by molar-refractivity contribution is 5.64. The fourth-order valence-electron chi connectivity index (χ4n) is 3.18. The van der Waals surface area contributed by atoms with Crippen LogP contribution in [-0.2, 0) is 0 Å². The molecule has 0 heterocycles. The summed E-state index contributed by atoms with van der Waals surface area (Å²) in [5.74, 6) is -56.4. The fourth-order valence-corrected chi connectivity index (χ4v) is 3.18. The van der Waals surface area contributed by atoms with Gasteiger partial charge in [0.25, 0.3) is 0 Å². The summed E-state index contributed by atoms with van der Waals surface area (Å²) in [5, 5.41) is 0. The smallest absolute Gasteiger partial charge is 0.460 e. The summed E-state index contributed by atoms with van der Waals surface area (Å²) in [7, 11) is 1.39. The average Bonchev–Trinajstić information content (AvgIpc) is 2.87. The van der Waals surface area contributed by atoms with Crippen molar-refractivity contribution in [2.75, 3.05) is 13.7 Å². The van der Waals surface area contributed by atoms with Crippen molar-refractivity contribution in [3.8, 4) is 22.6 Å². The van der Waals surface area contributed by atoms with Crippen molar-refractivity contribution in [3.05, 3.63) is 48.5 Å². The first-order valence-electron chi connectivity index (χ1n) is 10.8. The summed E-state index contributed by atoms with van der Waals surface area (Å²) in [6, 6.07) is 10.9. The molecule has 0 aliphatic heterocycles. The monoisotopic (exact) mass is 646 g/mol. The number of rotatable bonds is 12. The zero-order valence-corrected chi connectivity index (χ0v) is 20.3. The van der Waals surface area contributed by atoms with E-state index in [1.165, 1.54) is 19.2 Å². The lowest BCUT2D eigenvalue weighted by Crippen LogP contribution is -2.74. The molecule has 19 heteroatoms. The molecule has 0 aliphatic rings. The van der Waals surface area contributed by atoms with E-state index in [0.29, 0.717) is 16.9 Å². The van der Waals surface area contributed by atoms with Crippen LogP contribution in [0.25, 0.3) is 11.1 Å². The Bertz CT molecular complexity index is 1200. The fraction of sp³-hybridized carbons (Fsp3) is 0.478. The lowest BCUT2D eigenvalue weighted by Gasteiger charge is -2.42. The molecule has 0 spiro atoms. The number of alkyl halides is 17. The second kappa shape index (κ2) is 10.8. The van der Waals surface area contributed by atoms with E-state index < -0.39 is 66.4 Å². The Labute approximate surface area is 224 Å². The molecule has 0 saturated carbocycles. The number of ether oxygens (including phenoxy) is 2. The lowest BCUT2D eigenvalue weighted by atomic mass is 9.88. The number of halogens is 17. The summed E-state index contributed by atoms with van der Waals surface area (Å²) < 4.78 is 236. The van der Waals surface area contributed by atoms with Gasteiger partial charge in [0.2, 0.25) is 0 Å². The predicted octanol–water partition coefficient (Wildman–Crippen LogP) is 9.14. The highest BCUT2D eigenvalue weighted by atomic mass is 19.4. The molecule has 0 aromatic heterocycles. The lowest BCUT2D eigenvalue weighted by molar-refractivity contribution is -0.461. The number of hydrogen-bond acceptors (Lipinski definition) is 2. The molecule has 2 rings (SSSR count). The van der Waals surface area contributed by atoms with E-state index in [-0.39, 0.29) is 0 Å². The number of benzene rings is 2. The van der Waals surface area contributed by atoms with Gasteiger partial charge in [-0.1, -0.05) is 24.3 Å². The SMILES string of the molecule is COc1ccc(-c2ccc(OCCC(F)(F)C(F)(F)C(F)(F)C(F)(F)C(F)(F)C(F)(F)C(F)(F)C(F)(F)F)cc2)cc1. The Balaban J connectivity index is 2.25. The van der Waals surface area contributed by atoms with Crippen molar-refractivity contribution in [2.45, 2.75) is 54.1 Å². The molecular weight excluding hydrogens is 631 g/mol. The third-order valence-corrected chi connectivity index (χ3v) is 5.75. The van der Waals surface area contributed by atoms with Gasteiger partial charge in [0.05, 0.1) is 20.1 Å². The molecule has 0 saturated heterocycles. The largest absolute Gasteiger partial charge is 0.497 e. The van der Waals surface area contributed by atoms with Gasteiger partial charge in [-0.05, 0) is 35.4 Å². The Hall–Kier alpha value is -3.15. The van der Waals surface area contributed by atoms with E-state index in [1.54, 1.807) is 24.3 Å². The standard InChI is InChI=1S/C23H15F17O2/c1-41-14-6-2-12(3-7-14)13-4-8-15(9-5-13)42-11-10-16(24,25)17(26,27)18(28,29)19(30,31)20(32,33)21(34,35)22(36,37)23(38,39)40/h2-9H,10-11H2,1H3. The molecule has 0 aliphatic carbocycles. The molecule has 0 fully saturated rings. The van der Waals surface area contributed by atoms with Crippen LogP contribution in [0.2, 0.25) is 0 Å². The molecule has 2 aromatic carbocycles. The van der Waals surface area contributed by atoms with Crippen molar-refractivity contribution >= 4 is 0 Å². The van der Waals surface area contributed by atoms with Gasteiger partial charge in [0, 0.05) is 0 Å². The second-order valence-corrected chi connectivity index (χ2v) is 8.50. The topological polar surface area (TPSA) is 18.5 Å². The minimum atomic E-state index is -8.65. The zero-order chi connectivity index (χ0) is 32.8. The highest BCUT2D eigenvalue weighted by Gasteiger charge is 2.95. The van der Waals surface area contributed by atoms with Gasteiger partial charge in [0.1, 0.15) is 11.5 Å². The van der Waals surface area contributed by atoms with Crippen LogP contribution in [0.5, 0.6) is 11.5 Å². The molecule has 0 atom stereocenters.